The number of fused-ring (bicyclic) bond motifs is 1. The lowest BCUT2D eigenvalue weighted by Crippen LogP contribution is -2.36. The van der Waals surface area contributed by atoms with E-state index in [0.717, 1.165) is 37.3 Å². The fourth-order valence-corrected chi connectivity index (χ4v) is 3.29. The van der Waals surface area contributed by atoms with Gasteiger partial charge in [0.05, 0.1) is 24.5 Å². The topological polar surface area (TPSA) is 52.2 Å². The second kappa shape index (κ2) is 6.18. The molecule has 1 fully saturated rings. The van der Waals surface area contributed by atoms with Crippen molar-refractivity contribution in [3.63, 3.8) is 0 Å². The van der Waals surface area contributed by atoms with E-state index in [1.54, 1.807) is 0 Å². The van der Waals surface area contributed by atoms with Crippen LogP contribution in [0.5, 0.6) is 0 Å². The summed E-state index contributed by atoms with van der Waals surface area (Å²) in [4.78, 5) is 4.19. The monoisotopic (exact) mass is 311 g/mol. The summed E-state index contributed by atoms with van der Waals surface area (Å²) in [5.41, 5.74) is 3.30. The lowest BCUT2D eigenvalue weighted by molar-refractivity contribution is -0.00403. The van der Waals surface area contributed by atoms with Gasteiger partial charge in [0.15, 0.2) is 0 Å². The number of hydrogen-bond donors (Lipinski definition) is 1. The van der Waals surface area contributed by atoms with Crippen molar-refractivity contribution >= 4 is 11.0 Å². The largest absolute Gasteiger partial charge is 0.464 e. The maximum atomic E-state index is 5.92. The predicted molar refractivity (Wildman–Crippen MR) is 88.0 cm³/mol. The first-order valence-corrected chi connectivity index (χ1v) is 8.07. The Kier molecular flexibility index (Phi) is 3.89. The first-order chi connectivity index (χ1) is 11.3. The standard InChI is InChI=1S/C18H21N3O2/c1-21-12-19-10-16(21)18-8-14(6-7-22-18)20-9-13-11-23-17-5-3-2-4-15(13)17/h2-5,10-12,14,18,20H,6-9H2,1H3/t14-,18-/m1/s1. The van der Waals surface area contributed by atoms with Crippen LogP contribution in [-0.4, -0.2) is 22.2 Å². The van der Waals surface area contributed by atoms with Gasteiger partial charge in [-0.2, -0.15) is 0 Å². The molecule has 5 nitrogen and oxygen atoms in total. The van der Waals surface area contributed by atoms with E-state index < -0.39 is 0 Å². The van der Waals surface area contributed by atoms with E-state index in [4.69, 9.17) is 9.15 Å². The van der Waals surface area contributed by atoms with Crippen LogP contribution in [0.3, 0.4) is 0 Å². The van der Waals surface area contributed by atoms with Gasteiger partial charge in [0.25, 0.3) is 0 Å². The molecule has 1 saturated heterocycles. The predicted octanol–water partition coefficient (Wildman–Crippen LogP) is 3.18. The molecule has 3 heterocycles. The van der Waals surface area contributed by atoms with Gasteiger partial charge in [-0.3, -0.25) is 0 Å². The molecule has 0 aliphatic carbocycles. The van der Waals surface area contributed by atoms with Crippen molar-refractivity contribution in [3.05, 3.63) is 54.3 Å². The zero-order valence-corrected chi connectivity index (χ0v) is 13.2. The number of imidazole rings is 1. The fraction of sp³-hybridized carbons (Fsp3) is 0.389. The SMILES string of the molecule is Cn1cncc1[C@H]1C[C@H](NCc2coc3ccccc23)CCO1. The number of hydrogen-bond acceptors (Lipinski definition) is 4. The number of nitrogens with zero attached hydrogens (tertiary/aromatic N) is 2. The average molecular weight is 311 g/mol. The molecule has 0 spiro atoms. The molecule has 0 bridgehead atoms. The minimum Gasteiger partial charge on any atom is -0.464 e. The summed E-state index contributed by atoms with van der Waals surface area (Å²) in [7, 11) is 2.01. The molecule has 0 radical (unpaired) electrons. The number of rotatable bonds is 4. The number of para-hydroxylation sites is 1. The van der Waals surface area contributed by atoms with Crippen molar-refractivity contribution < 1.29 is 9.15 Å². The van der Waals surface area contributed by atoms with Crippen LogP contribution < -0.4 is 5.32 Å². The van der Waals surface area contributed by atoms with E-state index in [-0.39, 0.29) is 6.10 Å². The number of benzene rings is 1. The fourth-order valence-electron chi connectivity index (χ4n) is 3.29. The van der Waals surface area contributed by atoms with Crippen LogP contribution in [0.4, 0.5) is 0 Å². The Morgan fingerprint density at radius 1 is 1.35 bits per heavy atom. The van der Waals surface area contributed by atoms with Gasteiger partial charge in [-0.25, -0.2) is 4.98 Å². The van der Waals surface area contributed by atoms with Crippen molar-refractivity contribution in [2.24, 2.45) is 7.05 Å². The maximum Gasteiger partial charge on any atom is 0.134 e. The van der Waals surface area contributed by atoms with Gasteiger partial charge in [0.2, 0.25) is 0 Å². The molecule has 23 heavy (non-hydrogen) atoms. The summed E-state index contributed by atoms with van der Waals surface area (Å²) in [5, 5.41) is 4.85. The van der Waals surface area contributed by atoms with E-state index in [9.17, 15) is 0 Å². The van der Waals surface area contributed by atoms with Gasteiger partial charge in [0, 0.05) is 37.2 Å². The molecule has 1 aromatic carbocycles. The van der Waals surface area contributed by atoms with Gasteiger partial charge in [-0.1, -0.05) is 18.2 Å². The van der Waals surface area contributed by atoms with Crippen molar-refractivity contribution in [3.8, 4) is 0 Å². The van der Waals surface area contributed by atoms with Crippen molar-refractivity contribution in [2.45, 2.75) is 31.5 Å². The third-order valence-corrected chi connectivity index (χ3v) is 4.61. The average Bonchev–Trinajstić information content (AvgIpc) is 3.19. The van der Waals surface area contributed by atoms with Crippen LogP contribution in [-0.2, 0) is 18.3 Å². The number of aromatic nitrogens is 2. The second-order valence-electron chi connectivity index (χ2n) is 6.15. The zero-order valence-electron chi connectivity index (χ0n) is 13.2. The highest BCUT2D eigenvalue weighted by Gasteiger charge is 2.25. The highest BCUT2D eigenvalue weighted by molar-refractivity contribution is 5.80. The molecular weight excluding hydrogens is 290 g/mol. The first-order valence-electron chi connectivity index (χ1n) is 8.07. The Hall–Kier alpha value is -2.11. The summed E-state index contributed by atoms with van der Waals surface area (Å²) >= 11 is 0. The van der Waals surface area contributed by atoms with Crippen LogP contribution in [0.2, 0.25) is 0 Å². The lowest BCUT2D eigenvalue weighted by atomic mass is 10.0. The highest BCUT2D eigenvalue weighted by Crippen LogP contribution is 2.28. The third kappa shape index (κ3) is 2.90. The van der Waals surface area contributed by atoms with Gasteiger partial charge in [-0.15, -0.1) is 0 Å². The maximum absolute atomic E-state index is 5.92. The Balaban J connectivity index is 1.42. The van der Waals surface area contributed by atoms with Crippen LogP contribution in [0.15, 0.2) is 47.5 Å². The normalized spacial score (nSPS) is 21.8. The Morgan fingerprint density at radius 3 is 3.13 bits per heavy atom. The van der Waals surface area contributed by atoms with E-state index in [2.05, 4.69) is 16.4 Å². The van der Waals surface area contributed by atoms with Crippen molar-refractivity contribution in [1.82, 2.24) is 14.9 Å². The third-order valence-electron chi connectivity index (χ3n) is 4.61. The molecule has 0 amide bonds. The summed E-state index contributed by atoms with van der Waals surface area (Å²) < 4.78 is 13.6. The first kappa shape index (κ1) is 14.5. The van der Waals surface area contributed by atoms with E-state index >= 15 is 0 Å². The van der Waals surface area contributed by atoms with Crippen LogP contribution in [0.1, 0.15) is 30.2 Å². The summed E-state index contributed by atoms with van der Waals surface area (Å²) in [6.07, 6.45) is 7.70. The van der Waals surface area contributed by atoms with Crippen molar-refractivity contribution in [2.75, 3.05) is 6.61 Å². The second-order valence-corrected chi connectivity index (χ2v) is 6.15. The van der Waals surface area contributed by atoms with Crippen molar-refractivity contribution in [1.29, 1.82) is 0 Å². The van der Waals surface area contributed by atoms with Gasteiger partial charge in [-0.05, 0) is 18.9 Å². The Labute approximate surface area is 135 Å². The Bertz CT molecular complexity index is 792. The molecule has 0 saturated carbocycles. The molecule has 2 atom stereocenters. The van der Waals surface area contributed by atoms with Gasteiger partial charge < -0.3 is 19.0 Å². The summed E-state index contributed by atoms with van der Waals surface area (Å²) in [6, 6.07) is 8.61. The number of nitrogens with one attached hydrogen (secondary N) is 1. The van der Waals surface area contributed by atoms with E-state index in [0.29, 0.717) is 6.04 Å². The highest BCUT2D eigenvalue weighted by atomic mass is 16.5. The lowest BCUT2D eigenvalue weighted by Gasteiger charge is -2.30. The smallest absolute Gasteiger partial charge is 0.134 e. The number of aryl methyl sites for hydroxylation is 1. The minimum atomic E-state index is 0.120. The Morgan fingerprint density at radius 2 is 2.26 bits per heavy atom. The van der Waals surface area contributed by atoms with E-state index in [1.165, 1.54) is 10.9 Å². The molecule has 1 N–H and O–H groups in total. The molecule has 1 aliphatic heterocycles. The van der Waals surface area contributed by atoms with Crippen LogP contribution >= 0.6 is 0 Å². The molecule has 2 aromatic heterocycles. The number of furan rings is 1. The summed E-state index contributed by atoms with van der Waals surface area (Å²) in [6.45, 7) is 1.60. The zero-order chi connectivity index (χ0) is 15.6. The molecule has 1 aliphatic rings. The molecular formula is C18H21N3O2. The van der Waals surface area contributed by atoms with Crippen LogP contribution in [0, 0.1) is 0 Å². The molecule has 3 aromatic rings. The number of ether oxygens (including phenoxy) is 1. The van der Waals surface area contributed by atoms with E-state index in [1.807, 2.05) is 48.6 Å². The molecule has 0 unspecified atom stereocenters. The molecule has 120 valence electrons. The van der Waals surface area contributed by atoms with Gasteiger partial charge in [0.1, 0.15) is 11.7 Å². The summed E-state index contributed by atoms with van der Waals surface area (Å²) in [5.74, 6) is 0. The van der Waals surface area contributed by atoms with Gasteiger partial charge >= 0.3 is 0 Å². The molecule has 4 rings (SSSR count). The van der Waals surface area contributed by atoms with Crippen LogP contribution in [0.25, 0.3) is 11.0 Å². The molecule has 5 heteroatoms. The minimum absolute atomic E-state index is 0.120. The quantitative estimate of drug-likeness (QED) is 0.804.